The van der Waals surface area contributed by atoms with Gasteiger partial charge in [-0.1, -0.05) is 17.7 Å². The molecule has 1 amide bonds. The number of methoxy groups -OCH3 is 2. The minimum absolute atomic E-state index is 0.0220. The number of hydrogen-bond acceptors (Lipinski definition) is 3. The Morgan fingerprint density at radius 2 is 1.95 bits per heavy atom. The second-order valence-electron chi connectivity index (χ2n) is 4.50. The molecule has 0 aliphatic heterocycles. The molecule has 2 aromatic carbocycles. The molecular formula is C16H15ClFNO3. The predicted octanol–water partition coefficient (Wildman–Crippen LogP) is 3.43. The number of benzene rings is 2. The van der Waals surface area contributed by atoms with Gasteiger partial charge in [0.1, 0.15) is 17.3 Å². The highest BCUT2D eigenvalue weighted by Gasteiger charge is 2.13. The first-order valence-corrected chi connectivity index (χ1v) is 6.87. The molecule has 4 nitrogen and oxygen atoms in total. The largest absolute Gasteiger partial charge is 0.497 e. The Morgan fingerprint density at radius 1 is 1.18 bits per heavy atom. The highest BCUT2D eigenvalue weighted by Crippen LogP contribution is 2.24. The number of carbonyl (C=O) groups is 1. The Morgan fingerprint density at radius 3 is 2.59 bits per heavy atom. The fourth-order valence-corrected chi connectivity index (χ4v) is 2.12. The van der Waals surface area contributed by atoms with Crippen molar-refractivity contribution in [3.63, 3.8) is 0 Å². The van der Waals surface area contributed by atoms with Gasteiger partial charge in [0.25, 0.3) is 5.91 Å². The molecule has 0 saturated heterocycles. The van der Waals surface area contributed by atoms with Gasteiger partial charge in [0, 0.05) is 12.6 Å². The number of carbonyl (C=O) groups excluding carboxylic acids is 1. The molecule has 0 bridgehead atoms. The topological polar surface area (TPSA) is 47.6 Å². The third kappa shape index (κ3) is 3.68. The Balaban J connectivity index is 2.10. The number of rotatable bonds is 5. The summed E-state index contributed by atoms with van der Waals surface area (Å²) in [7, 11) is 3.01. The van der Waals surface area contributed by atoms with E-state index in [1.165, 1.54) is 26.4 Å². The molecule has 0 fully saturated rings. The van der Waals surface area contributed by atoms with Gasteiger partial charge in [0.15, 0.2) is 0 Å². The maximum absolute atomic E-state index is 13.1. The average Bonchev–Trinajstić information content (AvgIpc) is 2.54. The van der Waals surface area contributed by atoms with Gasteiger partial charge in [-0.25, -0.2) is 4.39 Å². The summed E-state index contributed by atoms with van der Waals surface area (Å²) in [6, 6.07) is 9.22. The molecule has 0 atom stereocenters. The lowest BCUT2D eigenvalue weighted by atomic mass is 10.1. The molecule has 0 aliphatic carbocycles. The second-order valence-corrected chi connectivity index (χ2v) is 4.90. The molecule has 116 valence electrons. The third-order valence-electron chi connectivity index (χ3n) is 3.09. The van der Waals surface area contributed by atoms with E-state index in [0.717, 1.165) is 0 Å². The summed E-state index contributed by atoms with van der Waals surface area (Å²) in [5.41, 5.74) is 1.09. The van der Waals surface area contributed by atoms with Crippen LogP contribution in [-0.2, 0) is 6.54 Å². The molecule has 0 unspecified atom stereocenters. The normalized spacial score (nSPS) is 10.2. The zero-order chi connectivity index (χ0) is 16.1. The second kappa shape index (κ2) is 7.13. The number of nitrogens with one attached hydrogen (secondary N) is 1. The van der Waals surface area contributed by atoms with Crippen molar-refractivity contribution in [2.24, 2.45) is 0 Å². The molecule has 2 rings (SSSR count). The van der Waals surface area contributed by atoms with E-state index in [-0.39, 0.29) is 17.5 Å². The molecule has 0 radical (unpaired) electrons. The van der Waals surface area contributed by atoms with Crippen molar-refractivity contribution < 1.29 is 18.7 Å². The van der Waals surface area contributed by atoms with Crippen LogP contribution in [0.25, 0.3) is 0 Å². The van der Waals surface area contributed by atoms with Gasteiger partial charge < -0.3 is 14.8 Å². The third-order valence-corrected chi connectivity index (χ3v) is 3.38. The van der Waals surface area contributed by atoms with E-state index in [1.807, 2.05) is 0 Å². The van der Waals surface area contributed by atoms with Crippen molar-refractivity contribution in [3.8, 4) is 11.5 Å². The number of ether oxygens (including phenoxy) is 2. The Kier molecular flexibility index (Phi) is 5.22. The van der Waals surface area contributed by atoms with Crippen LogP contribution in [0.15, 0.2) is 36.4 Å². The van der Waals surface area contributed by atoms with Gasteiger partial charge in [-0.15, -0.1) is 0 Å². The molecule has 0 saturated carbocycles. The standard InChI is InChI=1S/C16H15ClFNO3/c1-21-11-4-5-12(15(8-11)22-2)16(20)19-9-10-3-6-14(18)13(17)7-10/h3-8H,9H2,1-2H3,(H,19,20). The Bertz CT molecular complexity index is 691. The zero-order valence-electron chi connectivity index (χ0n) is 12.2. The molecule has 1 N–H and O–H groups in total. The lowest BCUT2D eigenvalue weighted by molar-refractivity contribution is 0.0948. The van der Waals surface area contributed by atoms with Crippen molar-refractivity contribution in [1.82, 2.24) is 5.32 Å². The summed E-state index contributed by atoms with van der Waals surface area (Å²) < 4.78 is 23.4. The fraction of sp³-hybridized carbons (Fsp3) is 0.188. The smallest absolute Gasteiger partial charge is 0.255 e. The quantitative estimate of drug-likeness (QED) is 0.917. The minimum atomic E-state index is -0.492. The van der Waals surface area contributed by atoms with E-state index in [2.05, 4.69) is 5.32 Å². The summed E-state index contributed by atoms with van der Waals surface area (Å²) in [5.74, 6) is 0.209. The van der Waals surface area contributed by atoms with E-state index in [9.17, 15) is 9.18 Å². The van der Waals surface area contributed by atoms with Crippen LogP contribution in [0.5, 0.6) is 11.5 Å². The van der Waals surface area contributed by atoms with Gasteiger partial charge in [-0.05, 0) is 29.8 Å². The summed E-state index contributed by atoms with van der Waals surface area (Å²) in [6.07, 6.45) is 0. The minimum Gasteiger partial charge on any atom is -0.497 e. The van der Waals surface area contributed by atoms with Crippen LogP contribution in [0.1, 0.15) is 15.9 Å². The van der Waals surface area contributed by atoms with E-state index in [1.54, 1.807) is 24.3 Å². The van der Waals surface area contributed by atoms with E-state index in [0.29, 0.717) is 22.6 Å². The Labute approximate surface area is 132 Å². The van der Waals surface area contributed by atoms with Crippen LogP contribution in [-0.4, -0.2) is 20.1 Å². The average molecular weight is 324 g/mol. The zero-order valence-corrected chi connectivity index (χ0v) is 12.9. The fourth-order valence-electron chi connectivity index (χ4n) is 1.91. The van der Waals surface area contributed by atoms with Crippen LogP contribution >= 0.6 is 11.6 Å². The Hall–Kier alpha value is -2.27. The van der Waals surface area contributed by atoms with Crippen molar-refractivity contribution in [2.45, 2.75) is 6.54 Å². The first-order chi connectivity index (χ1) is 10.5. The summed E-state index contributed by atoms with van der Waals surface area (Å²) in [4.78, 5) is 12.2. The van der Waals surface area contributed by atoms with Crippen LogP contribution in [0.3, 0.4) is 0 Å². The van der Waals surface area contributed by atoms with E-state index in [4.69, 9.17) is 21.1 Å². The van der Waals surface area contributed by atoms with E-state index >= 15 is 0 Å². The molecule has 6 heteroatoms. The molecule has 0 spiro atoms. The van der Waals surface area contributed by atoms with Gasteiger partial charge in [-0.2, -0.15) is 0 Å². The monoisotopic (exact) mass is 323 g/mol. The SMILES string of the molecule is COc1ccc(C(=O)NCc2ccc(F)c(Cl)c2)c(OC)c1. The van der Waals surface area contributed by atoms with Crippen LogP contribution in [0, 0.1) is 5.82 Å². The molecule has 0 aliphatic rings. The maximum atomic E-state index is 13.1. The van der Waals surface area contributed by atoms with Crippen molar-refractivity contribution in [3.05, 3.63) is 58.4 Å². The summed E-state index contributed by atoms with van der Waals surface area (Å²) in [5, 5.41) is 2.76. The lowest BCUT2D eigenvalue weighted by Crippen LogP contribution is -2.23. The van der Waals surface area contributed by atoms with Gasteiger partial charge in [0.05, 0.1) is 24.8 Å². The maximum Gasteiger partial charge on any atom is 0.255 e. The summed E-state index contributed by atoms with van der Waals surface area (Å²) >= 11 is 5.71. The lowest BCUT2D eigenvalue weighted by Gasteiger charge is -2.11. The molecule has 0 aromatic heterocycles. The highest BCUT2D eigenvalue weighted by atomic mass is 35.5. The molecular weight excluding hydrogens is 309 g/mol. The van der Waals surface area contributed by atoms with E-state index < -0.39 is 5.82 Å². The predicted molar refractivity (Wildman–Crippen MR) is 82.1 cm³/mol. The summed E-state index contributed by atoms with van der Waals surface area (Å²) in [6.45, 7) is 0.230. The number of amides is 1. The van der Waals surface area contributed by atoms with Gasteiger partial charge in [-0.3, -0.25) is 4.79 Å². The van der Waals surface area contributed by atoms with Gasteiger partial charge in [0.2, 0.25) is 0 Å². The molecule has 22 heavy (non-hydrogen) atoms. The van der Waals surface area contributed by atoms with Gasteiger partial charge >= 0.3 is 0 Å². The first kappa shape index (κ1) is 16.1. The van der Waals surface area contributed by atoms with Crippen LogP contribution in [0.4, 0.5) is 4.39 Å². The van der Waals surface area contributed by atoms with Crippen molar-refractivity contribution >= 4 is 17.5 Å². The van der Waals surface area contributed by atoms with Crippen LogP contribution < -0.4 is 14.8 Å². The van der Waals surface area contributed by atoms with Crippen LogP contribution in [0.2, 0.25) is 5.02 Å². The first-order valence-electron chi connectivity index (χ1n) is 6.49. The molecule has 0 heterocycles. The highest BCUT2D eigenvalue weighted by molar-refractivity contribution is 6.30. The van der Waals surface area contributed by atoms with Crippen molar-refractivity contribution in [2.75, 3.05) is 14.2 Å². The van der Waals surface area contributed by atoms with Crippen molar-refractivity contribution in [1.29, 1.82) is 0 Å². The number of halogens is 2. The molecule has 2 aromatic rings. The number of hydrogen-bond donors (Lipinski definition) is 1.